The van der Waals surface area contributed by atoms with Gasteiger partial charge in [0.25, 0.3) is 0 Å². The minimum atomic E-state index is 0.595. The number of hydrogen-bond acceptors (Lipinski definition) is 5. The Hall–Kier alpha value is -1.69. The predicted molar refractivity (Wildman–Crippen MR) is 70.3 cm³/mol. The molecule has 2 aromatic heterocycles. The van der Waals surface area contributed by atoms with Crippen LogP contribution in [0.3, 0.4) is 0 Å². The molecule has 0 atom stereocenters. The minimum absolute atomic E-state index is 0.595. The average molecular weight is 246 g/mol. The molecule has 3 N–H and O–H groups in total. The van der Waals surface area contributed by atoms with Crippen LogP contribution >= 0.6 is 0 Å². The van der Waals surface area contributed by atoms with Crippen molar-refractivity contribution in [2.45, 2.75) is 31.7 Å². The monoisotopic (exact) mass is 246 g/mol. The van der Waals surface area contributed by atoms with Gasteiger partial charge in [0, 0.05) is 12.6 Å². The van der Waals surface area contributed by atoms with Gasteiger partial charge in [0.2, 0.25) is 0 Å². The molecular formula is C12H18N6. The van der Waals surface area contributed by atoms with Gasteiger partial charge in [-0.2, -0.15) is 0 Å². The van der Waals surface area contributed by atoms with Crippen molar-refractivity contribution >= 4 is 17.0 Å². The molecule has 0 saturated heterocycles. The van der Waals surface area contributed by atoms with Crippen LogP contribution in [-0.2, 0) is 0 Å². The summed E-state index contributed by atoms with van der Waals surface area (Å²) in [5.41, 5.74) is 7.29. The van der Waals surface area contributed by atoms with Gasteiger partial charge in [-0.05, 0) is 32.2 Å². The molecule has 0 amide bonds. The number of nitrogens with two attached hydrogens (primary N) is 1. The summed E-state index contributed by atoms with van der Waals surface area (Å²) in [6.45, 7) is 1.66. The Balaban J connectivity index is 1.94. The Morgan fingerprint density at radius 1 is 1.33 bits per heavy atom. The van der Waals surface area contributed by atoms with Crippen LogP contribution in [0.5, 0.6) is 0 Å². The molecule has 0 aromatic carbocycles. The number of H-pyrrole nitrogens is 1. The minimum Gasteiger partial charge on any atom is -0.352 e. The maximum absolute atomic E-state index is 5.63. The number of aromatic nitrogens is 4. The molecule has 1 aliphatic carbocycles. The highest BCUT2D eigenvalue weighted by atomic mass is 15.2. The maximum atomic E-state index is 5.63. The topological polar surface area (TPSA) is 83.7 Å². The fraction of sp³-hybridized carbons (Fsp3) is 0.583. The van der Waals surface area contributed by atoms with Gasteiger partial charge in [-0.1, -0.05) is 0 Å². The summed E-state index contributed by atoms with van der Waals surface area (Å²) in [4.78, 5) is 18.3. The predicted octanol–water partition coefficient (Wildman–Crippen LogP) is 1.06. The van der Waals surface area contributed by atoms with Crippen LogP contribution in [-0.4, -0.2) is 39.1 Å². The van der Waals surface area contributed by atoms with Crippen molar-refractivity contribution in [3.63, 3.8) is 0 Å². The highest BCUT2D eigenvalue weighted by molar-refractivity contribution is 5.82. The smallest absolute Gasteiger partial charge is 0.182 e. The molecule has 0 spiro atoms. The van der Waals surface area contributed by atoms with Gasteiger partial charge >= 0.3 is 0 Å². The Labute approximate surface area is 106 Å². The number of hydrogen-bond donors (Lipinski definition) is 2. The zero-order valence-electron chi connectivity index (χ0n) is 10.3. The Kier molecular flexibility index (Phi) is 3.10. The van der Waals surface area contributed by atoms with Crippen molar-refractivity contribution < 1.29 is 0 Å². The molecule has 1 aliphatic rings. The molecule has 3 rings (SSSR count). The second-order valence-corrected chi connectivity index (χ2v) is 4.72. The van der Waals surface area contributed by atoms with Crippen molar-refractivity contribution in [1.29, 1.82) is 0 Å². The molecular weight excluding hydrogens is 228 g/mol. The highest BCUT2D eigenvalue weighted by Crippen LogP contribution is 2.30. The Morgan fingerprint density at radius 3 is 2.94 bits per heavy atom. The number of anilines is 1. The first-order valence-electron chi connectivity index (χ1n) is 6.51. The van der Waals surface area contributed by atoms with Crippen LogP contribution in [0.4, 0.5) is 5.82 Å². The van der Waals surface area contributed by atoms with E-state index < -0.39 is 0 Å². The lowest BCUT2D eigenvalue weighted by Gasteiger charge is -2.38. The van der Waals surface area contributed by atoms with E-state index in [0.717, 1.165) is 29.9 Å². The van der Waals surface area contributed by atoms with Crippen LogP contribution in [0.25, 0.3) is 11.2 Å². The van der Waals surface area contributed by atoms with Gasteiger partial charge in [-0.15, -0.1) is 0 Å². The van der Waals surface area contributed by atoms with E-state index in [0.29, 0.717) is 12.6 Å². The molecule has 0 bridgehead atoms. The third kappa shape index (κ3) is 1.92. The van der Waals surface area contributed by atoms with Gasteiger partial charge in [-0.25, -0.2) is 15.0 Å². The van der Waals surface area contributed by atoms with E-state index in [9.17, 15) is 0 Å². The van der Waals surface area contributed by atoms with Crippen molar-refractivity contribution in [1.82, 2.24) is 19.9 Å². The first-order chi connectivity index (χ1) is 8.90. The zero-order chi connectivity index (χ0) is 12.4. The second kappa shape index (κ2) is 4.89. The quantitative estimate of drug-likeness (QED) is 0.824. The molecule has 0 radical (unpaired) electrons. The van der Waals surface area contributed by atoms with Crippen molar-refractivity contribution in [3.8, 4) is 0 Å². The standard InChI is InChI=1S/C12H18N6/c13-5-2-6-18(9-3-1-4-9)12-10-11(15-7-14-10)16-8-17-12/h7-9H,1-6,13H2,(H,14,15,16,17). The van der Waals surface area contributed by atoms with Gasteiger partial charge in [-0.3, -0.25) is 0 Å². The van der Waals surface area contributed by atoms with Crippen LogP contribution < -0.4 is 10.6 Å². The van der Waals surface area contributed by atoms with E-state index in [1.165, 1.54) is 19.3 Å². The van der Waals surface area contributed by atoms with Crippen molar-refractivity contribution in [2.24, 2.45) is 5.73 Å². The van der Waals surface area contributed by atoms with Crippen LogP contribution in [0.2, 0.25) is 0 Å². The summed E-state index contributed by atoms with van der Waals surface area (Å²) >= 11 is 0. The highest BCUT2D eigenvalue weighted by Gasteiger charge is 2.27. The fourth-order valence-electron chi connectivity index (χ4n) is 2.39. The SMILES string of the molecule is NCCCN(c1ncnc2nc[nH]c12)C1CCC1. The molecule has 18 heavy (non-hydrogen) atoms. The summed E-state index contributed by atoms with van der Waals surface area (Å²) in [7, 11) is 0. The number of nitrogens with one attached hydrogen (secondary N) is 1. The lowest BCUT2D eigenvalue weighted by Crippen LogP contribution is -2.42. The van der Waals surface area contributed by atoms with Gasteiger partial charge in [0.05, 0.1) is 6.33 Å². The zero-order valence-corrected chi connectivity index (χ0v) is 10.3. The van der Waals surface area contributed by atoms with Gasteiger partial charge in [0.1, 0.15) is 11.8 Å². The fourth-order valence-corrected chi connectivity index (χ4v) is 2.39. The summed E-state index contributed by atoms with van der Waals surface area (Å²) in [5.74, 6) is 0.968. The molecule has 0 aliphatic heterocycles. The van der Waals surface area contributed by atoms with Gasteiger partial charge in [0.15, 0.2) is 11.5 Å². The number of nitrogens with zero attached hydrogens (tertiary/aromatic N) is 4. The summed E-state index contributed by atoms with van der Waals surface area (Å²) in [6, 6.07) is 0.595. The molecule has 0 unspecified atom stereocenters. The van der Waals surface area contributed by atoms with E-state index in [1.807, 2.05) is 0 Å². The Bertz CT molecular complexity index is 518. The normalized spacial score (nSPS) is 15.8. The summed E-state index contributed by atoms with van der Waals surface area (Å²) < 4.78 is 0. The third-order valence-corrected chi connectivity index (χ3v) is 3.59. The summed E-state index contributed by atoms with van der Waals surface area (Å²) in [5, 5.41) is 0. The van der Waals surface area contributed by atoms with E-state index >= 15 is 0 Å². The largest absolute Gasteiger partial charge is 0.352 e. The number of imidazole rings is 1. The van der Waals surface area contributed by atoms with E-state index in [-0.39, 0.29) is 0 Å². The molecule has 6 nitrogen and oxygen atoms in total. The lowest BCUT2D eigenvalue weighted by atomic mass is 9.91. The van der Waals surface area contributed by atoms with E-state index in [4.69, 9.17) is 5.73 Å². The molecule has 2 aromatic rings. The first kappa shape index (κ1) is 11.4. The molecule has 1 saturated carbocycles. The molecule has 6 heteroatoms. The molecule has 96 valence electrons. The number of rotatable bonds is 5. The van der Waals surface area contributed by atoms with E-state index in [2.05, 4.69) is 24.8 Å². The second-order valence-electron chi connectivity index (χ2n) is 4.72. The van der Waals surface area contributed by atoms with Crippen LogP contribution in [0.1, 0.15) is 25.7 Å². The van der Waals surface area contributed by atoms with Gasteiger partial charge < -0.3 is 15.6 Å². The number of fused-ring (bicyclic) bond motifs is 1. The molecule has 2 heterocycles. The lowest BCUT2D eigenvalue weighted by molar-refractivity contribution is 0.383. The number of aromatic amines is 1. The maximum Gasteiger partial charge on any atom is 0.182 e. The first-order valence-corrected chi connectivity index (χ1v) is 6.51. The van der Waals surface area contributed by atoms with Crippen molar-refractivity contribution in [2.75, 3.05) is 18.0 Å². The average Bonchev–Trinajstić information content (AvgIpc) is 2.80. The molecule has 1 fully saturated rings. The third-order valence-electron chi connectivity index (χ3n) is 3.59. The van der Waals surface area contributed by atoms with E-state index in [1.54, 1.807) is 12.7 Å². The van der Waals surface area contributed by atoms with Crippen LogP contribution in [0.15, 0.2) is 12.7 Å². The Morgan fingerprint density at radius 2 is 2.22 bits per heavy atom. The summed E-state index contributed by atoms with van der Waals surface area (Å²) in [6.07, 6.45) is 8.03. The van der Waals surface area contributed by atoms with Crippen molar-refractivity contribution in [3.05, 3.63) is 12.7 Å². The van der Waals surface area contributed by atoms with Crippen LogP contribution in [0, 0.1) is 0 Å².